The van der Waals surface area contributed by atoms with Gasteiger partial charge in [-0.25, -0.2) is 0 Å². The zero-order valence-corrected chi connectivity index (χ0v) is 17.9. The molecule has 1 aliphatic rings. The fourth-order valence-electron chi connectivity index (χ4n) is 3.07. The van der Waals surface area contributed by atoms with Crippen molar-refractivity contribution in [2.75, 3.05) is 6.54 Å². The van der Waals surface area contributed by atoms with E-state index in [9.17, 15) is 14.7 Å². The largest absolute Gasteiger partial charge is 0.481 e. The van der Waals surface area contributed by atoms with Crippen LogP contribution in [0.5, 0.6) is 0 Å². The van der Waals surface area contributed by atoms with Crippen LogP contribution >= 0.6 is 0 Å². The Morgan fingerprint density at radius 1 is 1.16 bits per heavy atom. The monoisotopic (exact) mass is 434 g/mol. The van der Waals surface area contributed by atoms with Gasteiger partial charge in [0.2, 0.25) is 0 Å². The zero-order valence-electron chi connectivity index (χ0n) is 17.9. The minimum atomic E-state index is -1.00. The maximum Gasteiger partial charge on any atom is 0.320 e. The molecule has 3 atom stereocenters. The highest BCUT2D eigenvalue weighted by molar-refractivity contribution is 5.76. The highest BCUT2D eigenvalue weighted by Crippen LogP contribution is 2.26. The number of aliphatic imine (C=N–C) groups is 1. The van der Waals surface area contributed by atoms with Crippen LogP contribution in [0.15, 0.2) is 34.8 Å². The average molecular weight is 435 g/mol. The van der Waals surface area contributed by atoms with Gasteiger partial charge in [0.25, 0.3) is 0 Å². The van der Waals surface area contributed by atoms with Crippen LogP contribution in [0.3, 0.4) is 0 Å². The minimum absolute atomic E-state index is 0.0129. The standard InChI is InChI=1S/C16H20O3.C6H14N4O2/c1-11(16(18)19)13-8-6-12(7-9-13)10-14-4-2-3-5-15(14)17;7-4(5(11)12)2-1-3-10-6(8)9/h6-11,15,17H,2-5H2,1H3,(H,18,19);4H,1-3,7H2,(H,11,12)(H4,8,9,10)/t;4-/m.0/s1. The molecule has 9 heteroatoms. The molecule has 1 aromatic rings. The lowest BCUT2D eigenvalue weighted by Gasteiger charge is -2.20. The molecule has 172 valence electrons. The Hall–Kier alpha value is -2.91. The number of benzene rings is 1. The Morgan fingerprint density at radius 2 is 1.81 bits per heavy atom. The van der Waals surface area contributed by atoms with E-state index in [2.05, 4.69) is 4.99 Å². The fourth-order valence-corrected chi connectivity index (χ4v) is 3.07. The maximum absolute atomic E-state index is 10.9. The molecular weight excluding hydrogens is 400 g/mol. The van der Waals surface area contributed by atoms with Crippen molar-refractivity contribution in [3.63, 3.8) is 0 Å². The topological polar surface area (TPSA) is 185 Å². The number of hydrogen-bond acceptors (Lipinski definition) is 5. The van der Waals surface area contributed by atoms with Gasteiger partial charge in [-0.05, 0) is 55.7 Å². The number of carboxylic acid groups (broad SMARTS) is 2. The lowest BCUT2D eigenvalue weighted by Crippen LogP contribution is -2.30. The fraction of sp³-hybridized carbons (Fsp3) is 0.500. The van der Waals surface area contributed by atoms with Crippen LogP contribution in [0.1, 0.15) is 62.5 Å². The van der Waals surface area contributed by atoms with E-state index in [1.807, 2.05) is 30.3 Å². The summed E-state index contributed by atoms with van der Waals surface area (Å²) in [6, 6.07) is 6.71. The Morgan fingerprint density at radius 3 is 2.32 bits per heavy atom. The van der Waals surface area contributed by atoms with Crippen molar-refractivity contribution in [2.24, 2.45) is 22.2 Å². The predicted molar refractivity (Wildman–Crippen MR) is 120 cm³/mol. The van der Waals surface area contributed by atoms with E-state index in [4.69, 9.17) is 27.4 Å². The highest BCUT2D eigenvalue weighted by atomic mass is 16.4. The van der Waals surface area contributed by atoms with Crippen LogP contribution < -0.4 is 17.2 Å². The number of carboxylic acids is 2. The summed E-state index contributed by atoms with van der Waals surface area (Å²) in [4.78, 5) is 24.8. The smallest absolute Gasteiger partial charge is 0.320 e. The Balaban J connectivity index is 0.000000348. The van der Waals surface area contributed by atoms with Crippen LogP contribution in [0.4, 0.5) is 0 Å². The molecule has 31 heavy (non-hydrogen) atoms. The molecule has 1 fully saturated rings. The van der Waals surface area contributed by atoms with Crippen molar-refractivity contribution >= 4 is 24.0 Å². The summed E-state index contributed by atoms with van der Waals surface area (Å²) in [5.74, 6) is -2.28. The summed E-state index contributed by atoms with van der Waals surface area (Å²) in [6.45, 7) is 2.10. The van der Waals surface area contributed by atoms with Crippen LogP contribution in [-0.4, -0.2) is 51.9 Å². The number of hydrogen-bond donors (Lipinski definition) is 6. The van der Waals surface area contributed by atoms with E-state index in [1.165, 1.54) is 0 Å². The Bertz CT molecular complexity index is 773. The third kappa shape index (κ3) is 10.1. The van der Waals surface area contributed by atoms with Gasteiger partial charge < -0.3 is 32.5 Å². The molecule has 2 rings (SSSR count). The summed E-state index contributed by atoms with van der Waals surface area (Å²) in [6.07, 6.45) is 6.70. The van der Waals surface area contributed by atoms with Crippen molar-refractivity contribution in [2.45, 2.75) is 63.5 Å². The molecule has 1 saturated carbocycles. The predicted octanol–water partition coefficient (Wildman–Crippen LogP) is 1.64. The van der Waals surface area contributed by atoms with Gasteiger partial charge >= 0.3 is 11.9 Å². The quantitative estimate of drug-likeness (QED) is 0.202. The van der Waals surface area contributed by atoms with Crippen LogP contribution in [0, 0.1) is 0 Å². The molecule has 0 radical (unpaired) electrons. The lowest BCUT2D eigenvalue weighted by atomic mass is 9.90. The van der Waals surface area contributed by atoms with Gasteiger partial charge in [-0.2, -0.15) is 0 Å². The average Bonchev–Trinajstić information content (AvgIpc) is 2.73. The van der Waals surface area contributed by atoms with E-state index < -0.39 is 23.9 Å². The molecule has 9 nitrogen and oxygen atoms in total. The molecule has 0 saturated heterocycles. The van der Waals surface area contributed by atoms with Crippen molar-refractivity contribution in [3.8, 4) is 0 Å². The Kier molecular flexibility index (Phi) is 11.3. The molecule has 0 heterocycles. The van der Waals surface area contributed by atoms with Gasteiger partial charge in [-0.1, -0.05) is 36.8 Å². The summed E-state index contributed by atoms with van der Waals surface area (Å²) < 4.78 is 0. The number of nitrogens with zero attached hydrogens (tertiary/aromatic N) is 1. The van der Waals surface area contributed by atoms with Crippen LogP contribution in [0.25, 0.3) is 6.08 Å². The second-order valence-electron chi connectivity index (χ2n) is 7.60. The molecule has 0 aromatic heterocycles. The minimum Gasteiger partial charge on any atom is -0.481 e. The van der Waals surface area contributed by atoms with Crippen molar-refractivity contribution in [1.82, 2.24) is 0 Å². The number of guanidine groups is 1. The third-order valence-corrected chi connectivity index (χ3v) is 5.06. The van der Waals surface area contributed by atoms with Gasteiger partial charge in [-0.3, -0.25) is 14.6 Å². The van der Waals surface area contributed by atoms with Crippen molar-refractivity contribution in [3.05, 3.63) is 41.0 Å². The number of aliphatic hydroxyl groups is 1. The summed E-state index contributed by atoms with van der Waals surface area (Å²) >= 11 is 0. The SMILES string of the molecule is CC(C(=O)O)c1ccc(C=C2CCCCC2O)cc1.NC(N)=NCCC[C@H](N)C(=O)O. The summed E-state index contributed by atoms with van der Waals surface area (Å²) in [7, 11) is 0. The van der Waals surface area contributed by atoms with E-state index in [0.717, 1.165) is 42.4 Å². The van der Waals surface area contributed by atoms with E-state index in [-0.39, 0.29) is 12.1 Å². The first-order valence-corrected chi connectivity index (χ1v) is 10.4. The first kappa shape index (κ1) is 26.1. The third-order valence-electron chi connectivity index (χ3n) is 5.06. The Labute approximate surface area is 182 Å². The second kappa shape index (κ2) is 13.4. The van der Waals surface area contributed by atoms with Gasteiger partial charge in [0.15, 0.2) is 5.96 Å². The van der Waals surface area contributed by atoms with E-state index >= 15 is 0 Å². The number of rotatable bonds is 8. The van der Waals surface area contributed by atoms with Crippen LogP contribution in [0.2, 0.25) is 0 Å². The van der Waals surface area contributed by atoms with Crippen molar-refractivity contribution in [1.29, 1.82) is 0 Å². The number of carbonyl (C=O) groups is 2. The highest BCUT2D eigenvalue weighted by Gasteiger charge is 2.16. The molecule has 0 amide bonds. The molecule has 0 bridgehead atoms. The molecule has 2 unspecified atom stereocenters. The van der Waals surface area contributed by atoms with Gasteiger partial charge in [0.1, 0.15) is 6.04 Å². The molecule has 1 aliphatic carbocycles. The normalized spacial score (nSPS) is 18.9. The molecule has 1 aromatic carbocycles. The molecular formula is C22H34N4O5. The summed E-state index contributed by atoms with van der Waals surface area (Å²) in [5.41, 5.74) is 18.2. The lowest BCUT2D eigenvalue weighted by molar-refractivity contribution is -0.139. The second-order valence-corrected chi connectivity index (χ2v) is 7.60. The van der Waals surface area contributed by atoms with E-state index in [1.54, 1.807) is 6.92 Å². The van der Waals surface area contributed by atoms with Gasteiger partial charge in [0, 0.05) is 6.54 Å². The molecule has 9 N–H and O–H groups in total. The number of aliphatic hydroxyl groups excluding tert-OH is 1. The molecule has 0 spiro atoms. The number of aliphatic carboxylic acids is 2. The van der Waals surface area contributed by atoms with Crippen molar-refractivity contribution < 1.29 is 24.9 Å². The van der Waals surface area contributed by atoms with Crippen LogP contribution in [-0.2, 0) is 9.59 Å². The molecule has 0 aliphatic heterocycles. The first-order chi connectivity index (χ1) is 14.6. The zero-order chi connectivity index (χ0) is 23.4. The van der Waals surface area contributed by atoms with E-state index in [0.29, 0.717) is 19.4 Å². The number of nitrogens with two attached hydrogens (primary N) is 3. The van der Waals surface area contributed by atoms with Gasteiger partial charge in [-0.15, -0.1) is 0 Å². The summed E-state index contributed by atoms with van der Waals surface area (Å²) in [5, 5.41) is 27.2. The first-order valence-electron chi connectivity index (χ1n) is 10.4. The van der Waals surface area contributed by atoms with Gasteiger partial charge in [0.05, 0.1) is 12.0 Å². The maximum atomic E-state index is 10.9.